The van der Waals surface area contributed by atoms with E-state index < -0.39 is 5.97 Å². The first-order valence-corrected chi connectivity index (χ1v) is 16.3. The van der Waals surface area contributed by atoms with Crippen molar-refractivity contribution < 1.29 is 19.4 Å². The molecule has 0 atom stereocenters. The van der Waals surface area contributed by atoms with Gasteiger partial charge in [0, 0.05) is 42.0 Å². The number of amides is 1. The van der Waals surface area contributed by atoms with Crippen molar-refractivity contribution in [2.24, 2.45) is 11.8 Å². The average molecular weight is 601 g/mol. The fourth-order valence-electron chi connectivity index (χ4n) is 7.03. The molecule has 0 unspecified atom stereocenters. The number of rotatable bonds is 11. The summed E-state index contributed by atoms with van der Waals surface area (Å²) in [5.74, 6) is 1.21. The lowest BCUT2D eigenvalue weighted by molar-refractivity contribution is -0.136. The van der Waals surface area contributed by atoms with Crippen LogP contribution in [0.2, 0.25) is 0 Å². The summed E-state index contributed by atoms with van der Waals surface area (Å²) in [4.78, 5) is 27.3. The maximum Gasteiger partial charge on any atom is 0.317 e. The van der Waals surface area contributed by atoms with Crippen molar-refractivity contribution >= 4 is 17.6 Å². The third-order valence-electron chi connectivity index (χ3n) is 9.68. The Morgan fingerprint density at radius 1 is 1.02 bits per heavy atom. The van der Waals surface area contributed by atoms with Crippen molar-refractivity contribution in [1.29, 1.82) is 0 Å². The predicted octanol–water partition coefficient (Wildman–Crippen LogP) is 6.99. The molecule has 1 heterocycles. The van der Waals surface area contributed by atoms with Gasteiger partial charge in [0.05, 0.1) is 19.9 Å². The third kappa shape index (κ3) is 7.70. The average Bonchev–Trinajstić information content (AvgIpc) is 3.54. The van der Waals surface area contributed by atoms with Crippen molar-refractivity contribution in [3.05, 3.63) is 66.0 Å². The minimum absolute atomic E-state index is 0.0334. The number of carboxylic acid groups (broad SMARTS) is 1. The maximum atomic E-state index is 14.3. The van der Waals surface area contributed by atoms with Crippen molar-refractivity contribution in [2.75, 3.05) is 25.1 Å². The first-order chi connectivity index (χ1) is 21.2. The number of benzene rings is 2. The van der Waals surface area contributed by atoms with E-state index in [2.05, 4.69) is 78.7 Å². The minimum atomic E-state index is -0.843. The number of aromatic nitrogens is 2. The fourth-order valence-corrected chi connectivity index (χ4v) is 7.03. The van der Waals surface area contributed by atoms with Gasteiger partial charge in [-0.2, -0.15) is 5.10 Å². The number of ether oxygens (including phenoxy) is 1. The highest BCUT2D eigenvalue weighted by molar-refractivity contribution is 5.95. The first kappa shape index (κ1) is 31.8. The van der Waals surface area contributed by atoms with Crippen LogP contribution < -0.4 is 15.0 Å². The molecule has 3 aromatic rings. The molecule has 0 saturated heterocycles. The van der Waals surface area contributed by atoms with E-state index in [1.165, 1.54) is 11.1 Å². The van der Waals surface area contributed by atoms with Gasteiger partial charge in [0.2, 0.25) is 5.91 Å². The second kappa shape index (κ2) is 14.4. The fraction of sp³-hybridized carbons (Fsp3) is 0.528. The molecule has 1 aromatic heterocycles. The molecule has 2 aromatic carbocycles. The van der Waals surface area contributed by atoms with Crippen molar-refractivity contribution in [1.82, 2.24) is 15.1 Å². The van der Waals surface area contributed by atoms with Crippen LogP contribution in [0, 0.1) is 18.8 Å². The predicted molar refractivity (Wildman–Crippen MR) is 174 cm³/mol. The molecule has 236 valence electrons. The van der Waals surface area contributed by atoms with Gasteiger partial charge in [-0.3, -0.25) is 14.3 Å². The molecule has 0 radical (unpaired) electrons. The van der Waals surface area contributed by atoms with Crippen LogP contribution >= 0.6 is 0 Å². The monoisotopic (exact) mass is 600 g/mol. The lowest BCUT2D eigenvalue weighted by Crippen LogP contribution is -2.43. The van der Waals surface area contributed by atoms with E-state index in [1.54, 1.807) is 7.11 Å². The Morgan fingerprint density at radius 3 is 2.41 bits per heavy atom. The number of aliphatic carboxylic acids is 1. The molecule has 2 saturated carbocycles. The Kier molecular flexibility index (Phi) is 10.4. The van der Waals surface area contributed by atoms with Crippen LogP contribution in [0.5, 0.6) is 5.75 Å². The molecule has 2 aliphatic carbocycles. The highest BCUT2D eigenvalue weighted by Crippen LogP contribution is 2.39. The number of nitrogens with one attached hydrogen (secondary N) is 1. The molecule has 1 amide bonds. The first-order valence-electron chi connectivity index (χ1n) is 16.3. The van der Waals surface area contributed by atoms with Gasteiger partial charge in [-0.1, -0.05) is 24.3 Å². The zero-order valence-corrected chi connectivity index (χ0v) is 26.7. The van der Waals surface area contributed by atoms with E-state index in [0.717, 1.165) is 80.5 Å². The Bertz CT molecular complexity index is 1420. The summed E-state index contributed by atoms with van der Waals surface area (Å²) in [5, 5.41) is 16.7. The van der Waals surface area contributed by atoms with Crippen LogP contribution in [0.25, 0.3) is 11.1 Å². The summed E-state index contributed by atoms with van der Waals surface area (Å²) in [5.41, 5.74) is 5.62. The molecule has 0 aliphatic heterocycles. The lowest BCUT2D eigenvalue weighted by Gasteiger charge is -2.36. The lowest BCUT2D eigenvalue weighted by atomic mass is 9.78. The Balaban J connectivity index is 1.31. The van der Waals surface area contributed by atoms with Gasteiger partial charge < -0.3 is 20.1 Å². The second-order valence-corrected chi connectivity index (χ2v) is 13.1. The summed E-state index contributed by atoms with van der Waals surface area (Å²) in [7, 11) is 1.72. The van der Waals surface area contributed by atoms with Gasteiger partial charge in [0.15, 0.2) is 0 Å². The van der Waals surface area contributed by atoms with Gasteiger partial charge in [-0.05, 0) is 119 Å². The van der Waals surface area contributed by atoms with Gasteiger partial charge in [-0.25, -0.2) is 0 Å². The van der Waals surface area contributed by atoms with Crippen LogP contribution in [0.3, 0.4) is 0 Å². The number of carbonyl (C=O) groups is 2. The van der Waals surface area contributed by atoms with E-state index in [1.807, 2.05) is 16.9 Å². The summed E-state index contributed by atoms with van der Waals surface area (Å²) in [6.07, 6.45) is 11.6. The summed E-state index contributed by atoms with van der Waals surface area (Å²) >= 11 is 0. The third-order valence-corrected chi connectivity index (χ3v) is 9.68. The molecule has 44 heavy (non-hydrogen) atoms. The Labute approximate surface area is 261 Å². The van der Waals surface area contributed by atoms with Gasteiger partial charge >= 0.3 is 5.97 Å². The molecule has 0 bridgehead atoms. The number of hydrogen-bond donors (Lipinski definition) is 2. The number of anilines is 1. The van der Waals surface area contributed by atoms with Crippen LogP contribution in [-0.2, 0) is 9.59 Å². The summed E-state index contributed by atoms with van der Waals surface area (Å²) < 4.78 is 7.43. The maximum absolute atomic E-state index is 14.3. The van der Waals surface area contributed by atoms with E-state index in [0.29, 0.717) is 11.8 Å². The molecule has 8 heteroatoms. The highest BCUT2D eigenvalue weighted by atomic mass is 16.5. The molecule has 0 spiro atoms. The molecule has 2 fully saturated rings. The number of aryl methyl sites for hydroxylation is 1. The van der Waals surface area contributed by atoms with E-state index in [-0.39, 0.29) is 30.5 Å². The van der Waals surface area contributed by atoms with Crippen LogP contribution in [0.1, 0.15) is 88.3 Å². The number of nitrogens with zero attached hydrogens (tertiary/aromatic N) is 3. The SMILES string of the molecule is COc1ccc(C2CCC(CN(C(=O)C3CCC(NCC(=O)O)CC3)c3cccc(-c4cnn(C(C)C)c4)c3)CC2)cc1C. The number of carboxylic acids is 1. The summed E-state index contributed by atoms with van der Waals surface area (Å²) in [6.45, 7) is 7.02. The van der Waals surface area contributed by atoms with Crippen LogP contribution in [0.15, 0.2) is 54.9 Å². The minimum Gasteiger partial charge on any atom is -0.496 e. The molecule has 8 nitrogen and oxygen atoms in total. The molecule has 2 N–H and O–H groups in total. The number of methoxy groups -OCH3 is 1. The van der Waals surface area contributed by atoms with E-state index in [4.69, 9.17) is 9.84 Å². The summed E-state index contributed by atoms with van der Waals surface area (Å²) in [6, 6.07) is 15.4. The zero-order chi connectivity index (χ0) is 31.2. The van der Waals surface area contributed by atoms with Gasteiger partial charge in [0.25, 0.3) is 0 Å². The topological polar surface area (TPSA) is 96.7 Å². The normalized spacial score (nSPS) is 22.1. The molecular weight excluding hydrogens is 552 g/mol. The van der Waals surface area contributed by atoms with Crippen molar-refractivity contribution in [3.63, 3.8) is 0 Å². The van der Waals surface area contributed by atoms with Crippen LogP contribution in [0.4, 0.5) is 5.69 Å². The van der Waals surface area contributed by atoms with E-state index >= 15 is 0 Å². The largest absolute Gasteiger partial charge is 0.496 e. The quantitative estimate of drug-likeness (QED) is 0.246. The van der Waals surface area contributed by atoms with Gasteiger partial charge in [-0.15, -0.1) is 0 Å². The second-order valence-electron chi connectivity index (χ2n) is 13.1. The number of hydrogen-bond acceptors (Lipinski definition) is 5. The standard InChI is InChI=1S/C36H48N4O4/c1-24(2)40-23-31(20-38-40)29-6-5-7-33(19-29)39(36(43)28-12-15-32(16-13-28)37-21-35(41)42)22-26-8-10-27(11-9-26)30-14-17-34(44-4)25(3)18-30/h5-7,14,17-20,23-24,26-28,32,37H,8-13,15-16,21-22H2,1-4H3,(H,41,42). The van der Waals surface area contributed by atoms with E-state index in [9.17, 15) is 9.59 Å². The molecule has 2 aliphatic rings. The Morgan fingerprint density at radius 2 is 1.77 bits per heavy atom. The van der Waals surface area contributed by atoms with Crippen molar-refractivity contribution in [3.8, 4) is 16.9 Å². The molecule has 5 rings (SSSR count). The smallest absolute Gasteiger partial charge is 0.317 e. The van der Waals surface area contributed by atoms with Crippen LogP contribution in [-0.4, -0.2) is 53.0 Å². The van der Waals surface area contributed by atoms with Crippen molar-refractivity contribution in [2.45, 2.75) is 90.1 Å². The Hall–Kier alpha value is -3.65. The van der Waals surface area contributed by atoms with Gasteiger partial charge in [0.1, 0.15) is 5.75 Å². The number of carbonyl (C=O) groups excluding carboxylic acids is 1. The highest BCUT2D eigenvalue weighted by Gasteiger charge is 2.33. The molecular formula is C36H48N4O4. The zero-order valence-electron chi connectivity index (χ0n) is 26.7.